The Morgan fingerprint density at radius 2 is 2.19 bits per heavy atom. The molecule has 0 bridgehead atoms. The topological polar surface area (TPSA) is 84.7 Å². The molecule has 1 saturated heterocycles. The molecule has 1 fully saturated rings. The lowest BCUT2D eigenvalue weighted by Gasteiger charge is -2.18. The van der Waals surface area contributed by atoms with Crippen LogP contribution < -0.4 is 15.0 Å². The number of carbonyl (C=O) groups is 1. The van der Waals surface area contributed by atoms with Crippen LogP contribution in [0.25, 0.3) is 0 Å². The average molecular weight is 293 g/mol. The minimum Gasteiger partial charge on any atom is -0.490 e. The second-order valence-electron chi connectivity index (χ2n) is 5.27. The summed E-state index contributed by atoms with van der Waals surface area (Å²) in [6, 6.07) is 4.55. The van der Waals surface area contributed by atoms with Crippen molar-refractivity contribution in [2.45, 2.75) is 32.4 Å². The number of amides is 1. The zero-order chi connectivity index (χ0) is 15.6. The van der Waals surface area contributed by atoms with Gasteiger partial charge < -0.3 is 15.0 Å². The quantitative estimate of drug-likeness (QED) is 0.660. The van der Waals surface area contributed by atoms with Crippen molar-refractivity contribution < 1.29 is 14.5 Å². The van der Waals surface area contributed by atoms with E-state index in [4.69, 9.17) is 4.74 Å². The van der Waals surface area contributed by atoms with Crippen molar-refractivity contribution in [1.82, 2.24) is 5.32 Å². The Morgan fingerprint density at radius 1 is 1.48 bits per heavy atom. The highest BCUT2D eigenvalue weighted by Crippen LogP contribution is 2.33. The Hall–Kier alpha value is -2.15. The van der Waals surface area contributed by atoms with Crippen LogP contribution in [0, 0.1) is 10.1 Å². The van der Waals surface area contributed by atoms with E-state index in [0.717, 1.165) is 0 Å². The molecule has 1 amide bonds. The maximum Gasteiger partial charge on any atom is 0.312 e. The summed E-state index contributed by atoms with van der Waals surface area (Å²) in [4.78, 5) is 24.5. The molecule has 1 N–H and O–H groups in total. The number of anilines is 1. The second-order valence-corrected chi connectivity index (χ2v) is 5.27. The van der Waals surface area contributed by atoms with Crippen molar-refractivity contribution in [2.24, 2.45) is 0 Å². The second kappa shape index (κ2) is 6.09. The third kappa shape index (κ3) is 3.13. The van der Waals surface area contributed by atoms with Crippen LogP contribution in [0.15, 0.2) is 18.2 Å². The number of nitro benzene ring substituents is 1. The van der Waals surface area contributed by atoms with Crippen LogP contribution in [-0.2, 0) is 4.79 Å². The predicted octanol–water partition coefficient (Wildman–Crippen LogP) is 1.71. The third-order valence-electron chi connectivity index (χ3n) is 3.41. The van der Waals surface area contributed by atoms with Crippen LogP contribution in [0.1, 0.15) is 20.3 Å². The van der Waals surface area contributed by atoms with E-state index < -0.39 is 4.92 Å². The largest absolute Gasteiger partial charge is 0.490 e. The van der Waals surface area contributed by atoms with Gasteiger partial charge in [-0.1, -0.05) is 13.8 Å². The number of carbonyl (C=O) groups excluding carboxylic acids is 1. The smallest absolute Gasteiger partial charge is 0.312 e. The van der Waals surface area contributed by atoms with E-state index in [1.807, 2.05) is 13.8 Å². The summed E-state index contributed by atoms with van der Waals surface area (Å²) in [7, 11) is 1.38. The number of nitro groups is 1. The average Bonchev–Trinajstić information content (AvgIpc) is 2.79. The van der Waals surface area contributed by atoms with Gasteiger partial charge in [-0.3, -0.25) is 14.9 Å². The van der Waals surface area contributed by atoms with Gasteiger partial charge in [-0.25, -0.2) is 0 Å². The van der Waals surface area contributed by atoms with E-state index in [1.165, 1.54) is 19.2 Å². The number of rotatable bonds is 5. The molecule has 0 saturated carbocycles. The molecule has 114 valence electrons. The van der Waals surface area contributed by atoms with Gasteiger partial charge in [-0.2, -0.15) is 0 Å². The Balaban J connectivity index is 2.25. The summed E-state index contributed by atoms with van der Waals surface area (Å²) in [5.41, 5.74) is 0.392. The summed E-state index contributed by atoms with van der Waals surface area (Å²) in [6.45, 7) is 4.51. The molecule has 2 rings (SSSR count). The SMILES string of the molecule is COc1ccc(N2CCC(NC(C)C)C2=O)cc1[N+](=O)[O-]. The summed E-state index contributed by atoms with van der Waals surface area (Å²) < 4.78 is 4.97. The summed E-state index contributed by atoms with van der Waals surface area (Å²) in [6.07, 6.45) is 0.691. The Morgan fingerprint density at radius 3 is 2.76 bits per heavy atom. The monoisotopic (exact) mass is 293 g/mol. The predicted molar refractivity (Wildman–Crippen MR) is 78.7 cm³/mol. The van der Waals surface area contributed by atoms with Gasteiger partial charge in [-0.15, -0.1) is 0 Å². The number of hydrogen-bond acceptors (Lipinski definition) is 5. The molecule has 0 radical (unpaired) electrons. The van der Waals surface area contributed by atoms with Gasteiger partial charge >= 0.3 is 5.69 Å². The highest BCUT2D eigenvalue weighted by molar-refractivity contribution is 5.99. The fourth-order valence-corrected chi connectivity index (χ4v) is 2.48. The van der Waals surface area contributed by atoms with Crippen LogP contribution in [0.5, 0.6) is 5.75 Å². The van der Waals surface area contributed by atoms with Crippen molar-refractivity contribution in [2.75, 3.05) is 18.6 Å². The summed E-state index contributed by atoms with van der Waals surface area (Å²) in [5, 5.41) is 14.3. The van der Waals surface area contributed by atoms with Crippen LogP contribution in [0.3, 0.4) is 0 Å². The van der Waals surface area contributed by atoms with Gasteiger partial charge in [-0.05, 0) is 18.6 Å². The molecule has 7 nitrogen and oxygen atoms in total. The van der Waals surface area contributed by atoms with Gasteiger partial charge in [0, 0.05) is 18.7 Å². The summed E-state index contributed by atoms with van der Waals surface area (Å²) in [5.74, 6) is 0.135. The van der Waals surface area contributed by atoms with E-state index in [1.54, 1.807) is 11.0 Å². The van der Waals surface area contributed by atoms with Gasteiger partial charge in [0.15, 0.2) is 5.75 Å². The minimum absolute atomic E-state index is 0.0526. The van der Waals surface area contributed by atoms with Crippen molar-refractivity contribution in [3.8, 4) is 5.75 Å². The van der Waals surface area contributed by atoms with Gasteiger partial charge in [0.25, 0.3) is 0 Å². The van der Waals surface area contributed by atoms with Crippen molar-refractivity contribution in [1.29, 1.82) is 0 Å². The molecular weight excluding hydrogens is 274 g/mol. The van der Waals surface area contributed by atoms with Crippen LogP contribution in [0.4, 0.5) is 11.4 Å². The molecule has 1 aliphatic heterocycles. The normalized spacial score (nSPS) is 18.4. The lowest BCUT2D eigenvalue weighted by atomic mass is 10.2. The van der Waals surface area contributed by atoms with Crippen molar-refractivity contribution in [3.05, 3.63) is 28.3 Å². The van der Waals surface area contributed by atoms with Crippen LogP contribution in [0.2, 0.25) is 0 Å². The van der Waals surface area contributed by atoms with Gasteiger partial charge in [0.2, 0.25) is 5.91 Å². The molecule has 1 atom stereocenters. The maximum atomic E-state index is 12.3. The maximum absolute atomic E-state index is 12.3. The molecule has 0 spiro atoms. The Bertz CT molecular complexity index is 559. The van der Waals surface area contributed by atoms with E-state index in [0.29, 0.717) is 18.7 Å². The van der Waals surface area contributed by atoms with Crippen LogP contribution in [-0.4, -0.2) is 36.6 Å². The highest BCUT2D eigenvalue weighted by atomic mass is 16.6. The molecule has 1 unspecified atom stereocenters. The van der Waals surface area contributed by atoms with Crippen molar-refractivity contribution >= 4 is 17.3 Å². The van der Waals surface area contributed by atoms with Crippen molar-refractivity contribution in [3.63, 3.8) is 0 Å². The fourth-order valence-electron chi connectivity index (χ4n) is 2.48. The molecule has 1 aromatic rings. The minimum atomic E-state index is -0.507. The molecule has 0 aliphatic carbocycles. The summed E-state index contributed by atoms with van der Waals surface area (Å²) >= 11 is 0. The number of benzene rings is 1. The number of nitrogens with one attached hydrogen (secondary N) is 1. The molecule has 7 heteroatoms. The Labute approximate surface area is 123 Å². The van der Waals surface area contributed by atoms with E-state index in [2.05, 4.69) is 5.32 Å². The van der Waals surface area contributed by atoms with Gasteiger partial charge in [0.05, 0.1) is 23.8 Å². The lowest BCUT2D eigenvalue weighted by Crippen LogP contribution is -2.41. The van der Waals surface area contributed by atoms with E-state index >= 15 is 0 Å². The Kier molecular flexibility index (Phi) is 4.42. The first-order valence-electron chi connectivity index (χ1n) is 6.84. The standard InChI is InChI=1S/C14H19N3O4/c1-9(2)15-11-6-7-16(14(11)18)10-4-5-13(21-3)12(8-10)17(19)20/h4-5,8-9,11,15H,6-7H2,1-3H3. The first-order chi connectivity index (χ1) is 9.93. The number of methoxy groups -OCH3 is 1. The number of ether oxygens (including phenoxy) is 1. The lowest BCUT2D eigenvalue weighted by molar-refractivity contribution is -0.385. The van der Waals surface area contributed by atoms with Gasteiger partial charge in [0.1, 0.15) is 0 Å². The third-order valence-corrected chi connectivity index (χ3v) is 3.41. The molecule has 21 heavy (non-hydrogen) atoms. The molecule has 0 aromatic heterocycles. The van der Waals surface area contributed by atoms with Crippen LogP contribution >= 0.6 is 0 Å². The number of hydrogen-bond donors (Lipinski definition) is 1. The molecular formula is C14H19N3O4. The molecule has 1 aliphatic rings. The number of nitrogens with zero attached hydrogens (tertiary/aromatic N) is 2. The van der Waals surface area contributed by atoms with E-state index in [-0.39, 0.29) is 29.4 Å². The zero-order valence-corrected chi connectivity index (χ0v) is 12.3. The first-order valence-corrected chi connectivity index (χ1v) is 6.84. The molecule has 1 heterocycles. The fraction of sp³-hybridized carbons (Fsp3) is 0.500. The molecule has 1 aromatic carbocycles. The van der Waals surface area contributed by atoms with E-state index in [9.17, 15) is 14.9 Å². The zero-order valence-electron chi connectivity index (χ0n) is 12.3. The highest BCUT2D eigenvalue weighted by Gasteiger charge is 2.33. The first kappa shape index (κ1) is 15.2.